The monoisotopic (exact) mass is 445 g/mol. The van der Waals surface area contributed by atoms with E-state index >= 15 is 0 Å². The third-order valence-electron chi connectivity index (χ3n) is 4.24. The van der Waals surface area contributed by atoms with Crippen LogP contribution in [0.1, 0.15) is 21.7 Å². The molecule has 1 heterocycles. The Kier molecular flexibility index (Phi) is 6.93. The molecule has 0 bridgehead atoms. The van der Waals surface area contributed by atoms with E-state index in [1.165, 1.54) is 37.6 Å². The van der Waals surface area contributed by atoms with Gasteiger partial charge in [-0.05, 0) is 36.4 Å². The Labute approximate surface area is 180 Å². The molecule has 0 fully saturated rings. The summed E-state index contributed by atoms with van der Waals surface area (Å²) in [5, 5.41) is 6.16. The number of para-hydroxylation sites is 1. The number of ether oxygens (including phenoxy) is 1. The van der Waals surface area contributed by atoms with Gasteiger partial charge in [-0.15, -0.1) is 0 Å². The molecule has 2 aromatic carbocycles. The number of carbonyl (C=O) groups is 2. The summed E-state index contributed by atoms with van der Waals surface area (Å²) >= 11 is 0. The molecule has 0 aliphatic heterocycles. The van der Waals surface area contributed by atoms with Gasteiger partial charge in [-0.2, -0.15) is 18.3 Å². The number of nitrogens with zero attached hydrogens (tertiary/aromatic N) is 1. The Morgan fingerprint density at radius 1 is 1.09 bits per heavy atom. The molecular weight excluding hydrogens is 427 g/mol. The lowest BCUT2D eigenvalue weighted by Crippen LogP contribution is -2.35. The average molecular weight is 445 g/mol. The van der Waals surface area contributed by atoms with Crippen molar-refractivity contribution in [3.63, 3.8) is 0 Å². The number of furan rings is 1. The second-order valence-corrected chi connectivity index (χ2v) is 6.46. The maximum absolute atomic E-state index is 12.9. The fourth-order valence-electron chi connectivity index (χ4n) is 2.72. The van der Waals surface area contributed by atoms with Crippen LogP contribution in [0, 0.1) is 0 Å². The first kappa shape index (κ1) is 22.6. The molecule has 0 aliphatic rings. The van der Waals surface area contributed by atoms with Gasteiger partial charge in [-0.1, -0.05) is 24.3 Å². The van der Waals surface area contributed by atoms with E-state index in [9.17, 15) is 22.8 Å². The van der Waals surface area contributed by atoms with Crippen molar-refractivity contribution >= 4 is 18.0 Å². The fraction of sp³-hybridized carbons (Fsp3) is 0.136. The van der Waals surface area contributed by atoms with Crippen LogP contribution in [0.15, 0.2) is 70.2 Å². The second-order valence-electron chi connectivity index (χ2n) is 6.46. The molecule has 0 spiro atoms. The first-order valence-corrected chi connectivity index (χ1v) is 9.28. The average Bonchev–Trinajstić information content (AvgIpc) is 3.26. The number of methoxy groups -OCH3 is 1. The van der Waals surface area contributed by atoms with Crippen LogP contribution in [0.5, 0.6) is 5.75 Å². The van der Waals surface area contributed by atoms with Crippen molar-refractivity contribution in [1.82, 2.24) is 10.7 Å². The predicted molar refractivity (Wildman–Crippen MR) is 110 cm³/mol. The summed E-state index contributed by atoms with van der Waals surface area (Å²) in [6, 6.07) is 14.3. The molecule has 0 unspecified atom stereocenters. The molecule has 32 heavy (non-hydrogen) atoms. The van der Waals surface area contributed by atoms with Crippen molar-refractivity contribution in [3.8, 4) is 17.1 Å². The van der Waals surface area contributed by atoms with Gasteiger partial charge in [0, 0.05) is 5.56 Å². The van der Waals surface area contributed by atoms with Gasteiger partial charge in [-0.25, -0.2) is 5.43 Å². The topological polar surface area (TPSA) is 92.9 Å². The zero-order valence-electron chi connectivity index (χ0n) is 16.8. The van der Waals surface area contributed by atoms with Crippen LogP contribution < -0.4 is 15.5 Å². The van der Waals surface area contributed by atoms with E-state index in [0.717, 1.165) is 12.1 Å². The van der Waals surface area contributed by atoms with Crippen LogP contribution in [0.2, 0.25) is 0 Å². The standard InChI is InChI=1S/C22H18F3N3O4/c1-31-19-8-3-2-7-17(19)21(30)26-13-20(29)28-27-12-16-9-10-18(32-16)14-5-4-6-15(11-14)22(23,24)25/h2-12H,13H2,1H3,(H,26,30)(H,28,29)/b27-12+. The number of hydrogen-bond acceptors (Lipinski definition) is 5. The fourth-order valence-corrected chi connectivity index (χ4v) is 2.72. The van der Waals surface area contributed by atoms with Crippen LogP contribution in [0.4, 0.5) is 13.2 Å². The second kappa shape index (κ2) is 9.82. The van der Waals surface area contributed by atoms with E-state index in [2.05, 4.69) is 15.8 Å². The van der Waals surface area contributed by atoms with Crippen molar-refractivity contribution in [2.75, 3.05) is 13.7 Å². The molecule has 3 rings (SSSR count). The quantitative estimate of drug-likeness (QED) is 0.427. The minimum absolute atomic E-state index is 0.216. The molecule has 10 heteroatoms. The number of hydrazone groups is 1. The minimum atomic E-state index is -4.46. The van der Waals surface area contributed by atoms with Crippen LogP contribution in [0.3, 0.4) is 0 Å². The SMILES string of the molecule is COc1ccccc1C(=O)NCC(=O)N/N=C/c1ccc(-c2cccc(C(F)(F)F)c2)o1. The van der Waals surface area contributed by atoms with Gasteiger partial charge in [0.05, 0.1) is 31.0 Å². The van der Waals surface area contributed by atoms with Gasteiger partial charge >= 0.3 is 6.18 Å². The van der Waals surface area contributed by atoms with Crippen molar-refractivity contribution in [3.05, 3.63) is 77.6 Å². The molecule has 0 radical (unpaired) electrons. The Hall–Kier alpha value is -4.08. The number of amides is 2. The zero-order chi connectivity index (χ0) is 23.1. The smallest absolute Gasteiger partial charge is 0.416 e. The molecule has 2 N–H and O–H groups in total. The molecule has 2 amide bonds. The lowest BCUT2D eigenvalue weighted by molar-refractivity contribution is -0.137. The highest BCUT2D eigenvalue weighted by atomic mass is 19.4. The molecule has 166 valence electrons. The number of benzene rings is 2. The van der Waals surface area contributed by atoms with E-state index in [-0.39, 0.29) is 29.2 Å². The summed E-state index contributed by atoms with van der Waals surface area (Å²) in [7, 11) is 1.43. The van der Waals surface area contributed by atoms with Crippen molar-refractivity contribution in [2.24, 2.45) is 5.10 Å². The van der Waals surface area contributed by atoms with E-state index in [4.69, 9.17) is 9.15 Å². The highest BCUT2D eigenvalue weighted by molar-refractivity contribution is 5.98. The Balaban J connectivity index is 1.54. The van der Waals surface area contributed by atoms with Crippen LogP contribution in [-0.2, 0) is 11.0 Å². The van der Waals surface area contributed by atoms with Crippen molar-refractivity contribution in [2.45, 2.75) is 6.18 Å². The first-order chi connectivity index (χ1) is 15.3. The predicted octanol–water partition coefficient (Wildman–Crippen LogP) is 3.85. The van der Waals surface area contributed by atoms with Crippen LogP contribution in [-0.4, -0.2) is 31.7 Å². The lowest BCUT2D eigenvalue weighted by atomic mass is 10.1. The number of hydrogen-bond donors (Lipinski definition) is 2. The number of rotatable bonds is 7. The highest BCUT2D eigenvalue weighted by Crippen LogP contribution is 2.32. The van der Waals surface area contributed by atoms with Gasteiger partial charge < -0.3 is 14.5 Å². The Morgan fingerprint density at radius 2 is 1.88 bits per heavy atom. The zero-order valence-corrected chi connectivity index (χ0v) is 16.8. The summed E-state index contributed by atoms with van der Waals surface area (Å²) in [4.78, 5) is 24.0. The van der Waals surface area contributed by atoms with Gasteiger partial charge in [0.25, 0.3) is 11.8 Å². The van der Waals surface area contributed by atoms with Gasteiger partial charge in [-0.3, -0.25) is 9.59 Å². The summed E-state index contributed by atoms with van der Waals surface area (Å²) in [6.45, 7) is -0.331. The third kappa shape index (κ3) is 5.75. The van der Waals surface area contributed by atoms with Crippen LogP contribution >= 0.6 is 0 Å². The van der Waals surface area contributed by atoms with Crippen molar-refractivity contribution in [1.29, 1.82) is 0 Å². The Morgan fingerprint density at radius 3 is 2.62 bits per heavy atom. The normalized spacial score (nSPS) is 11.4. The molecule has 7 nitrogen and oxygen atoms in total. The largest absolute Gasteiger partial charge is 0.496 e. The number of alkyl halides is 3. The van der Waals surface area contributed by atoms with E-state index in [0.29, 0.717) is 5.75 Å². The molecule has 0 saturated carbocycles. The Bertz CT molecular complexity index is 1140. The lowest BCUT2D eigenvalue weighted by Gasteiger charge is -2.08. The first-order valence-electron chi connectivity index (χ1n) is 9.28. The van der Waals surface area contributed by atoms with Gasteiger partial charge in [0.15, 0.2) is 0 Å². The van der Waals surface area contributed by atoms with Crippen LogP contribution in [0.25, 0.3) is 11.3 Å². The molecule has 1 aromatic heterocycles. The molecule has 3 aromatic rings. The van der Waals surface area contributed by atoms with E-state index in [1.807, 2.05) is 0 Å². The van der Waals surface area contributed by atoms with Gasteiger partial charge in [0.2, 0.25) is 0 Å². The number of nitrogens with one attached hydrogen (secondary N) is 2. The third-order valence-corrected chi connectivity index (χ3v) is 4.24. The maximum Gasteiger partial charge on any atom is 0.416 e. The van der Waals surface area contributed by atoms with E-state index in [1.54, 1.807) is 24.3 Å². The van der Waals surface area contributed by atoms with Crippen molar-refractivity contribution < 1.29 is 31.9 Å². The maximum atomic E-state index is 12.9. The summed E-state index contributed by atoms with van der Waals surface area (Å²) in [5.41, 5.74) is 1.97. The number of halogens is 3. The molecule has 0 saturated heterocycles. The summed E-state index contributed by atoms with van der Waals surface area (Å²) < 4.78 is 49.1. The van der Waals surface area contributed by atoms with Gasteiger partial charge in [0.1, 0.15) is 17.3 Å². The number of carbonyl (C=O) groups excluding carboxylic acids is 2. The summed E-state index contributed by atoms with van der Waals surface area (Å²) in [6.07, 6.45) is -3.27. The highest BCUT2D eigenvalue weighted by Gasteiger charge is 2.30. The molecule has 0 aliphatic carbocycles. The van der Waals surface area contributed by atoms with E-state index < -0.39 is 23.6 Å². The summed E-state index contributed by atoms with van der Waals surface area (Å²) in [5.74, 6) is -0.269. The minimum Gasteiger partial charge on any atom is -0.496 e. The molecule has 0 atom stereocenters. The molecular formula is C22H18F3N3O4.